The van der Waals surface area contributed by atoms with Crippen LogP contribution in [0.2, 0.25) is 0 Å². The number of hydrogen-bond acceptors (Lipinski definition) is 9. The molecule has 2 saturated heterocycles. The van der Waals surface area contributed by atoms with Gasteiger partial charge in [-0.15, -0.1) is 0 Å². The number of aryl methyl sites for hydroxylation is 1. The lowest BCUT2D eigenvalue weighted by molar-refractivity contribution is 0.0734. The molecule has 10 heteroatoms. The molecule has 208 valence electrons. The number of H-pyrrole nitrogens is 1. The summed E-state index contributed by atoms with van der Waals surface area (Å²) in [6.45, 7) is 10.2. The highest BCUT2D eigenvalue weighted by atomic mass is 16.5. The number of benzene rings is 1. The lowest BCUT2D eigenvalue weighted by Gasteiger charge is -2.45. The van der Waals surface area contributed by atoms with Crippen LogP contribution in [0.15, 0.2) is 24.3 Å². The van der Waals surface area contributed by atoms with E-state index in [1.807, 2.05) is 31.2 Å². The number of piperidine rings is 1. The third-order valence-electron chi connectivity index (χ3n) is 8.05. The highest BCUT2D eigenvalue weighted by molar-refractivity contribution is 5.92. The summed E-state index contributed by atoms with van der Waals surface area (Å²) in [4.78, 5) is 14.7. The fraction of sp³-hybridized carbons (Fsp3) is 0.586. The molecule has 3 aromatic rings. The van der Waals surface area contributed by atoms with Crippen LogP contribution in [0.4, 0.5) is 17.6 Å². The van der Waals surface area contributed by atoms with Gasteiger partial charge in [0.2, 0.25) is 5.95 Å². The summed E-state index contributed by atoms with van der Waals surface area (Å²) in [5.41, 5.74) is 1.81. The molecule has 2 atom stereocenters. The van der Waals surface area contributed by atoms with Crippen molar-refractivity contribution < 1.29 is 4.74 Å². The first-order valence-electron chi connectivity index (χ1n) is 14.3. The SMILES string of the molecule is CCC1CC(Nc2nc(Nc3cc(C)[nH]n3)c3ccc(OCC4CN(C)C4)cc3n2)CC(CC)N1CCC#N. The number of aromatic amines is 1. The molecule has 0 aliphatic carbocycles. The Morgan fingerprint density at radius 1 is 1.13 bits per heavy atom. The highest BCUT2D eigenvalue weighted by Crippen LogP contribution is 2.32. The summed E-state index contributed by atoms with van der Waals surface area (Å²) in [6.07, 6.45) is 4.69. The molecule has 1 aromatic carbocycles. The molecule has 39 heavy (non-hydrogen) atoms. The first-order valence-corrected chi connectivity index (χ1v) is 14.3. The second kappa shape index (κ2) is 12.2. The molecule has 0 bridgehead atoms. The van der Waals surface area contributed by atoms with Crippen LogP contribution in [0.3, 0.4) is 0 Å². The van der Waals surface area contributed by atoms with Gasteiger partial charge in [0.1, 0.15) is 11.6 Å². The summed E-state index contributed by atoms with van der Waals surface area (Å²) in [5, 5.41) is 24.5. The summed E-state index contributed by atoms with van der Waals surface area (Å²) in [7, 11) is 2.13. The number of aromatic nitrogens is 4. The second-order valence-corrected chi connectivity index (χ2v) is 11.1. The second-order valence-electron chi connectivity index (χ2n) is 11.1. The van der Waals surface area contributed by atoms with Crippen LogP contribution in [0, 0.1) is 24.2 Å². The molecule has 0 amide bonds. The van der Waals surface area contributed by atoms with Crippen LogP contribution in [0.1, 0.15) is 51.6 Å². The molecule has 2 aliphatic heterocycles. The van der Waals surface area contributed by atoms with Gasteiger partial charge < -0.3 is 20.3 Å². The minimum atomic E-state index is 0.256. The van der Waals surface area contributed by atoms with Crippen molar-refractivity contribution in [2.45, 2.75) is 71.0 Å². The predicted molar refractivity (Wildman–Crippen MR) is 154 cm³/mol. The molecular weight excluding hydrogens is 490 g/mol. The molecule has 2 fully saturated rings. The van der Waals surface area contributed by atoms with Gasteiger partial charge in [-0.3, -0.25) is 10.00 Å². The van der Waals surface area contributed by atoms with E-state index >= 15 is 0 Å². The molecule has 3 N–H and O–H groups in total. The number of ether oxygens (including phenoxy) is 1. The monoisotopic (exact) mass is 531 g/mol. The molecule has 0 saturated carbocycles. The molecule has 2 unspecified atom stereocenters. The van der Waals surface area contributed by atoms with Crippen molar-refractivity contribution in [1.82, 2.24) is 30.0 Å². The van der Waals surface area contributed by atoms with Crippen LogP contribution >= 0.6 is 0 Å². The number of fused-ring (bicyclic) bond motifs is 1. The standard InChI is InChI=1S/C29H41N9O/c1-5-22-13-21(14-23(6-2)38(22)11-7-10-30)31-29-32-26-15-24(39-18-20-16-37(4)17-20)8-9-25(26)28(34-29)33-27-12-19(3)35-36-27/h8-9,12,15,20-23H,5-7,11,13-14,16-18H2,1-4H3,(H3,31,32,33,34,35,36). The number of nitriles is 1. The van der Waals surface area contributed by atoms with Gasteiger partial charge in [-0.25, -0.2) is 4.98 Å². The van der Waals surface area contributed by atoms with Crippen molar-refractivity contribution in [3.8, 4) is 11.8 Å². The van der Waals surface area contributed by atoms with Gasteiger partial charge in [0, 0.05) is 73.3 Å². The van der Waals surface area contributed by atoms with Gasteiger partial charge in [0.05, 0.1) is 18.2 Å². The third kappa shape index (κ3) is 6.43. The first kappa shape index (κ1) is 27.2. The Kier molecular flexibility index (Phi) is 8.48. The third-order valence-corrected chi connectivity index (χ3v) is 8.05. The van der Waals surface area contributed by atoms with E-state index in [1.165, 1.54) is 0 Å². The van der Waals surface area contributed by atoms with Crippen molar-refractivity contribution >= 4 is 28.5 Å². The normalized spacial score (nSPS) is 22.4. The summed E-state index contributed by atoms with van der Waals surface area (Å²) in [6, 6.07) is 11.4. The van der Waals surface area contributed by atoms with Crippen LogP contribution in [0.25, 0.3) is 10.9 Å². The molecule has 5 rings (SSSR count). The Hall–Kier alpha value is -3.42. The van der Waals surface area contributed by atoms with E-state index < -0.39 is 0 Å². The number of nitrogens with zero attached hydrogens (tertiary/aromatic N) is 6. The zero-order chi connectivity index (χ0) is 27.4. The molecule has 0 radical (unpaired) electrons. The summed E-state index contributed by atoms with van der Waals surface area (Å²) in [5.74, 6) is 3.44. The Labute approximate surface area is 231 Å². The maximum Gasteiger partial charge on any atom is 0.225 e. The van der Waals surface area contributed by atoms with E-state index in [9.17, 15) is 0 Å². The molecule has 0 spiro atoms. The van der Waals surface area contributed by atoms with Crippen LogP contribution in [-0.2, 0) is 0 Å². The first-order chi connectivity index (χ1) is 18.9. The largest absolute Gasteiger partial charge is 0.493 e. The highest BCUT2D eigenvalue weighted by Gasteiger charge is 2.34. The van der Waals surface area contributed by atoms with Gasteiger partial charge >= 0.3 is 0 Å². The van der Waals surface area contributed by atoms with E-state index in [0.717, 1.165) is 73.5 Å². The van der Waals surface area contributed by atoms with Gasteiger partial charge in [-0.2, -0.15) is 15.3 Å². The van der Waals surface area contributed by atoms with E-state index in [2.05, 4.69) is 57.6 Å². The van der Waals surface area contributed by atoms with Crippen molar-refractivity contribution in [2.24, 2.45) is 5.92 Å². The van der Waals surface area contributed by atoms with E-state index in [4.69, 9.17) is 20.0 Å². The van der Waals surface area contributed by atoms with E-state index in [-0.39, 0.29) is 6.04 Å². The number of nitrogens with one attached hydrogen (secondary N) is 3. The Bertz CT molecular complexity index is 1280. The average Bonchev–Trinajstić information content (AvgIpc) is 3.33. The molecule has 4 heterocycles. The fourth-order valence-corrected chi connectivity index (χ4v) is 6.08. The van der Waals surface area contributed by atoms with E-state index in [1.54, 1.807) is 0 Å². The maximum atomic E-state index is 9.16. The van der Waals surface area contributed by atoms with Crippen molar-refractivity contribution in [2.75, 3.05) is 43.9 Å². The zero-order valence-electron chi connectivity index (χ0n) is 23.6. The lowest BCUT2D eigenvalue weighted by Crippen LogP contribution is -2.52. The van der Waals surface area contributed by atoms with Crippen molar-refractivity contribution in [3.63, 3.8) is 0 Å². The summed E-state index contributed by atoms with van der Waals surface area (Å²) >= 11 is 0. The number of anilines is 3. The predicted octanol–water partition coefficient (Wildman–Crippen LogP) is 4.69. The topological polar surface area (TPSA) is 118 Å². The smallest absolute Gasteiger partial charge is 0.225 e. The average molecular weight is 532 g/mol. The van der Waals surface area contributed by atoms with Gasteiger partial charge in [-0.1, -0.05) is 13.8 Å². The Balaban J connectivity index is 1.39. The molecule has 2 aromatic heterocycles. The van der Waals surface area contributed by atoms with Crippen LogP contribution in [-0.4, -0.2) is 81.4 Å². The molecule has 10 nitrogen and oxygen atoms in total. The molecule has 2 aliphatic rings. The van der Waals surface area contributed by atoms with Gasteiger partial charge in [0.25, 0.3) is 0 Å². The zero-order valence-corrected chi connectivity index (χ0v) is 23.6. The number of likely N-dealkylation sites (tertiary alicyclic amines) is 2. The number of rotatable bonds is 11. The fourth-order valence-electron chi connectivity index (χ4n) is 6.08. The van der Waals surface area contributed by atoms with Crippen molar-refractivity contribution in [3.05, 3.63) is 30.0 Å². The number of hydrogen-bond donors (Lipinski definition) is 3. The minimum Gasteiger partial charge on any atom is -0.493 e. The maximum absolute atomic E-state index is 9.16. The quantitative estimate of drug-likeness (QED) is 0.324. The van der Waals surface area contributed by atoms with Gasteiger partial charge in [0.15, 0.2) is 5.82 Å². The molecular formula is C29H41N9O. The Morgan fingerprint density at radius 2 is 1.90 bits per heavy atom. The lowest BCUT2D eigenvalue weighted by atomic mass is 9.88. The van der Waals surface area contributed by atoms with Crippen LogP contribution < -0.4 is 15.4 Å². The summed E-state index contributed by atoms with van der Waals surface area (Å²) < 4.78 is 6.15. The van der Waals surface area contributed by atoms with Crippen LogP contribution in [0.5, 0.6) is 5.75 Å². The van der Waals surface area contributed by atoms with E-state index in [0.29, 0.717) is 42.8 Å². The van der Waals surface area contributed by atoms with Gasteiger partial charge in [-0.05, 0) is 51.8 Å². The minimum absolute atomic E-state index is 0.256. The van der Waals surface area contributed by atoms with Crippen molar-refractivity contribution in [1.29, 1.82) is 5.26 Å². The Morgan fingerprint density at radius 3 is 2.54 bits per heavy atom.